The van der Waals surface area contributed by atoms with Crippen molar-refractivity contribution in [1.82, 2.24) is 15.2 Å². The monoisotopic (exact) mass is 528 g/mol. The van der Waals surface area contributed by atoms with E-state index in [-0.39, 0.29) is 41.7 Å². The van der Waals surface area contributed by atoms with Crippen molar-refractivity contribution in [2.75, 3.05) is 27.2 Å². The first-order valence-electron chi connectivity index (χ1n) is 9.51. The molecule has 2 heterocycles. The summed E-state index contributed by atoms with van der Waals surface area (Å²) in [5, 5.41) is 3.32. The van der Waals surface area contributed by atoms with Crippen LogP contribution in [-0.4, -0.2) is 49.1 Å². The Hall–Kier alpha value is -2.43. The minimum Gasteiger partial charge on any atom is -0.469 e. The number of ether oxygens (including phenoxy) is 2. The minimum absolute atomic E-state index is 0. The SMILES string of the molecule is CN=C(NCc1ccc(Oc2cccc(F)c2)nc1)N1CCC(C(=O)OC)CC1.I. The molecule has 0 unspecified atom stereocenters. The summed E-state index contributed by atoms with van der Waals surface area (Å²) in [5.74, 6) is 1.05. The van der Waals surface area contributed by atoms with Crippen molar-refractivity contribution < 1.29 is 18.7 Å². The van der Waals surface area contributed by atoms with Gasteiger partial charge in [0.2, 0.25) is 5.88 Å². The van der Waals surface area contributed by atoms with Crippen LogP contribution in [0.3, 0.4) is 0 Å². The second kappa shape index (κ2) is 11.7. The maximum absolute atomic E-state index is 13.2. The Labute approximate surface area is 192 Å². The Morgan fingerprint density at radius 1 is 1.30 bits per heavy atom. The van der Waals surface area contributed by atoms with E-state index in [1.54, 1.807) is 31.4 Å². The highest BCUT2D eigenvalue weighted by Crippen LogP contribution is 2.20. The first-order valence-corrected chi connectivity index (χ1v) is 9.51. The summed E-state index contributed by atoms with van der Waals surface area (Å²) in [5.41, 5.74) is 0.960. The summed E-state index contributed by atoms with van der Waals surface area (Å²) in [7, 11) is 3.17. The molecule has 1 aromatic heterocycles. The zero-order valence-corrected chi connectivity index (χ0v) is 19.3. The molecule has 1 aliphatic rings. The van der Waals surface area contributed by atoms with Crippen LogP contribution >= 0.6 is 24.0 Å². The van der Waals surface area contributed by atoms with Crippen molar-refractivity contribution >= 4 is 35.9 Å². The molecule has 0 atom stereocenters. The number of methoxy groups -OCH3 is 1. The van der Waals surface area contributed by atoms with E-state index in [0.717, 1.165) is 37.5 Å². The molecular formula is C21H26FIN4O3. The fourth-order valence-corrected chi connectivity index (χ4v) is 3.23. The smallest absolute Gasteiger partial charge is 0.308 e. The molecule has 0 aliphatic carbocycles. The molecule has 7 nitrogen and oxygen atoms in total. The van der Waals surface area contributed by atoms with E-state index < -0.39 is 0 Å². The highest BCUT2D eigenvalue weighted by Gasteiger charge is 2.26. The lowest BCUT2D eigenvalue weighted by Gasteiger charge is -2.33. The van der Waals surface area contributed by atoms with Gasteiger partial charge in [0.25, 0.3) is 0 Å². The van der Waals surface area contributed by atoms with Crippen molar-refractivity contribution in [3.05, 3.63) is 54.0 Å². The Kier molecular flexibility index (Phi) is 9.28. The van der Waals surface area contributed by atoms with Gasteiger partial charge >= 0.3 is 5.97 Å². The number of piperidine rings is 1. The van der Waals surface area contributed by atoms with E-state index in [1.165, 1.54) is 19.2 Å². The number of nitrogens with zero attached hydrogens (tertiary/aromatic N) is 3. The minimum atomic E-state index is -0.356. The number of rotatable bonds is 5. The van der Waals surface area contributed by atoms with Crippen LogP contribution in [0.1, 0.15) is 18.4 Å². The third-order valence-corrected chi connectivity index (χ3v) is 4.81. The van der Waals surface area contributed by atoms with Crippen LogP contribution in [-0.2, 0) is 16.1 Å². The van der Waals surface area contributed by atoms with Gasteiger partial charge in [0.1, 0.15) is 11.6 Å². The molecule has 0 bridgehead atoms. The normalized spacial score (nSPS) is 14.6. The van der Waals surface area contributed by atoms with Crippen LogP contribution in [0.15, 0.2) is 47.6 Å². The van der Waals surface area contributed by atoms with E-state index >= 15 is 0 Å². The van der Waals surface area contributed by atoms with Gasteiger partial charge in [-0.3, -0.25) is 9.79 Å². The zero-order chi connectivity index (χ0) is 20.6. The lowest BCUT2D eigenvalue weighted by Crippen LogP contribution is -2.46. The fraction of sp³-hybridized carbons (Fsp3) is 0.381. The molecule has 1 aromatic carbocycles. The topological polar surface area (TPSA) is 76.1 Å². The number of aromatic nitrogens is 1. The van der Waals surface area contributed by atoms with Crippen LogP contribution in [0.4, 0.5) is 4.39 Å². The van der Waals surface area contributed by atoms with E-state index in [2.05, 4.69) is 20.2 Å². The molecule has 3 rings (SSSR count). The Balaban J connectivity index is 0.00000320. The lowest BCUT2D eigenvalue weighted by molar-refractivity contribution is -0.146. The third kappa shape index (κ3) is 6.54. The molecule has 1 saturated heterocycles. The summed E-state index contributed by atoms with van der Waals surface area (Å²) < 4.78 is 23.6. The standard InChI is InChI=1S/C21H25FN4O3.HI/c1-23-21(26-10-8-16(9-11-26)20(27)28-2)25-14-15-6-7-19(24-13-15)29-18-5-3-4-17(22)12-18;/h3-7,12-13,16H,8-11,14H2,1-2H3,(H,23,25);1H. The number of pyridine rings is 1. The molecule has 162 valence electrons. The quantitative estimate of drug-likeness (QED) is 0.277. The van der Waals surface area contributed by atoms with Crippen molar-refractivity contribution in [2.24, 2.45) is 10.9 Å². The summed E-state index contributed by atoms with van der Waals surface area (Å²) in [4.78, 5) is 22.4. The molecule has 0 saturated carbocycles. The van der Waals surface area contributed by atoms with Crippen molar-refractivity contribution in [1.29, 1.82) is 0 Å². The van der Waals surface area contributed by atoms with Crippen LogP contribution < -0.4 is 10.1 Å². The second-order valence-corrected chi connectivity index (χ2v) is 6.75. The molecule has 9 heteroatoms. The summed E-state index contributed by atoms with van der Waals surface area (Å²) in [6.07, 6.45) is 3.21. The summed E-state index contributed by atoms with van der Waals surface area (Å²) in [6, 6.07) is 9.57. The summed E-state index contributed by atoms with van der Waals surface area (Å²) >= 11 is 0. The van der Waals surface area contributed by atoms with Crippen LogP contribution in [0.5, 0.6) is 11.6 Å². The van der Waals surface area contributed by atoms with E-state index in [4.69, 9.17) is 9.47 Å². The summed E-state index contributed by atoms with van der Waals surface area (Å²) in [6.45, 7) is 2.05. The van der Waals surface area contributed by atoms with E-state index in [1.807, 2.05) is 6.07 Å². The number of likely N-dealkylation sites (tertiary alicyclic amines) is 1. The van der Waals surface area contributed by atoms with Gasteiger partial charge in [-0.05, 0) is 30.5 Å². The van der Waals surface area contributed by atoms with Crippen LogP contribution in [0.25, 0.3) is 0 Å². The molecule has 30 heavy (non-hydrogen) atoms. The van der Waals surface area contributed by atoms with Gasteiger partial charge in [-0.15, -0.1) is 24.0 Å². The van der Waals surface area contributed by atoms with Gasteiger partial charge < -0.3 is 19.7 Å². The zero-order valence-electron chi connectivity index (χ0n) is 17.0. The number of carbonyl (C=O) groups is 1. The van der Waals surface area contributed by atoms with Gasteiger partial charge in [0, 0.05) is 45.0 Å². The largest absolute Gasteiger partial charge is 0.469 e. The molecule has 0 spiro atoms. The molecule has 0 amide bonds. The number of esters is 1. The first-order chi connectivity index (χ1) is 14.1. The molecule has 1 aliphatic heterocycles. The highest BCUT2D eigenvalue weighted by atomic mass is 127. The molecule has 1 fully saturated rings. The molecule has 2 aromatic rings. The lowest BCUT2D eigenvalue weighted by atomic mass is 9.97. The third-order valence-electron chi connectivity index (χ3n) is 4.81. The van der Waals surface area contributed by atoms with Crippen molar-refractivity contribution in [3.8, 4) is 11.6 Å². The molecule has 1 N–H and O–H groups in total. The molecular weight excluding hydrogens is 502 g/mol. The predicted octanol–water partition coefficient (Wildman–Crippen LogP) is 3.59. The van der Waals surface area contributed by atoms with Gasteiger partial charge in [0.05, 0.1) is 13.0 Å². The Bertz CT molecular complexity index is 856. The fourth-order valence-electron chi connectivity index (χ4n) is 3.23. The maximum atomic E-state index is 13.2. The van der Waals surface area contributed by atoms with Crippen molar-refractivity contribution in [2.45, 2.75) is 19.4 Å². The Morgan fingerprint density at radius 3 is 2.67 bits per heavy atom. The molecule has 0 radical (unpaired) electrons. The highest BCUT2D eigenvalue weighted by molar-refractivity contribution is 14.0. The number of halogens is 2. The van der Waals surface area contributed by atoms with Gasteiger partial charge in [-0.1, -0.05) is 12.1 Å². The first kappa shape index (κ1) is 23.8. The number of nitrogens with one attached hydrogen (secondary N) is 1. The Morgan fingerprint density at radius 2 is 2.07 bits per heavy atom. The second-order valence-electron chi connectivity index (χ2n) is 6.75. The average molecular weight is 528 g/mol. The van der Waals surface area contributed by atoms with Crippen LogP contribution in [0.2, 0.25) is 0 Å². The number of guanidine groups is 1. The maximum Gasteiger partial charge on any atom is 0.308 e. The number of hydrogen-bond donors (Lipinski definition) is 1. The van der Waals surface area contributed by atoms with Crippen LogP contribution in [0, 0.1) is 11.7 Å². The number of hydrogen-bond acceptors (Lipinski definition) is 5. The van der Waals surface area contributed by atoms with E-state index in [0.29, 0.717) is 18.2 Å². The van der Waals surface area contributed by atoms with Gasteiger partial charge in [0.15, 0.2) is 5.96 Å². The van der Waals surface area contributed by atoms with E-state index in [9.17, 15) is 9.18 Å². The van der Waals surface area contributed by atoms with Gasteiger partial charge in [-0.2, -0.15) is 0 Å². The average Bonchev–Trinajstić information content (AvgIpc) is 2.75. The van der Waals surface area contributed by atoms with Crippen molar-refractivity contribution in [3.63, 3.8) is 0 Å². The van der Waals surface area contributed by atoms with Gasteiger partial charge in [-0.25, -0.2) is 9.37 Å². The predicted molar refractivity (Wildman–Crippen MR) is 123 cm³/mol. The number of carbonyl (C=O) groups excluding carboxylic acids is 1. The number of benzene rings is 1. The number of aliphatic imine (C=N–C) groups is 1.